The quantitative estimate of drug-likeness (QED) is 0.238. The SMILES string of the molecule is COc1cc(CN)nc(-c2ccccn2)c1.COc1ccc(S(=O)(=O)NCc2cc(OC)cc(-c3ccccn3)n2)cc1. The van der Waals surface area contributed by atoms with Gasteiger partial charge in [0.15, 0.2) is 0 Å². The summed E-state index contributed by atoms with van der Waals surface area (Å²) >= 11 is 0. The molecule has 4 aromatic heterocycles. The van der Waals surface area contributed by atoms with Crippen molar-refractivity contribution in [2.24, 2.45) is 5.73 Å². The highest BCUT2D eigenvalue weighted by molar-refractivity contribution is 7.89. The van der Waals surface area contributed by atoms with Gasteiger partial charge < -0.3 is 19.9 Å². The summed E-state index contributed by atoms with van der Waals surface area (Å²) in [5.41, 5.74) is 9.77. The minimum absolute atomic E-state index is 0.0192. The van der Waals surface area contributed by atoms with Crippen LogP contribution in [0.2, 0.25) is 0 Å². The molecule has 12 heteroatoms. The zero-order chi connectivity index (χ0) is 30.7. The van der Waals surface area contributed by atoms with E-state index in [1.54, 1.807) is 50.9 Å². The molecule has 0 aliphatic carbocycles. The van der Waals surface area contributed by atoms with Crippen LogP contribution in [0.5, 0.6) is 17.2 Å². The van der Waals surface area contributed by atoms with E-state index in [1.165, 1.54) is 19.2 Å². The molecule has 0 saturated carbocycles. The number of rotatable bonds is 10. The van der Waals surface area contributed by atoms with Crippen LogP contribution in [-0.4, -0.2) is 49.7 Å². The molecule has 1 aromatic carbocycles. The molecule has 4 heterocycles. The molecule has 3 N–H and O–H groups in total. The van der Waals surface area contributed by atoms with Gasteiger partial charge in [0.05, 0.1) is 66.9 Å². The Bertz CT molecular complexity index is 1700. The molecule has 0 fully saturated rings. The fourth-order valence-corrected chi connectivity index (χ4v) is 4.85. The van der Waals surface area contributed by atoms with Gasteiger partial charge in [0, 0.05) is 43.2 Å². The van der Waals surface area contributed by atoms with E-state index in [4.69, 9.17) is 19.9 Å². The first kappa shape index (κ1) is 31.0. The lowest BCUT2D eigenvalue weighted by Gasteiger charge is -2.10. The number of nitrogens with one attached hydrogen (secondary N) is 1. The highest BCUT2D eigenvalue weighted by Crippen LogP contribution is 2.23. The summed E-state index contributed by atoms with van der Waals surface area (Å²) in [6, 6.07) is 24.5. The predicted octanol–water partition coefficient (Wildman–Crippen LogP) is 4.25. The number of aromatic nitrogens is 4. The number of pyridine rings is 4. The Labute approximate surface area is 250 Å². The number of hydrogen-bond donors (Lipinski definition) is 2. The number of nitrogens with two attached hydrogens (primary N) is 1. The van der Waals surface area contributed by atoms with Gasteiger partial charge in [0.2, 0.25) is 10.0 Å². The molecule has 222 valence electrons. The number of methoxy groups -OCH3 is 3. The minimum Gasteiger partial charge on any atom is -0.497 e. The minimum atomic E-state index is -3.68. The average Bonchev–Trinajstić information content (AvgIpc) is 3.08. The first-order valence-corrected chi connectivity index (χ1v) is 14.6. The number of ether oxygens (including phenoxy) is 3. The highest BCUT2D eigenvalue weighted by Gasteiger charge is 2.15. The van der Waals surface area contributed by atoms with Crippen LogP contribution < -0.4 is 24.7 Å². The molecule has 0 aliphatic heterocycles. The van der Waals surface area contributed by atoms with Crippen LogP contribution in [-0.2, 0) is 23.1 Å². The van der Waals surface area contributed by atoms with Crippen molar-refractivity contribution < 1.29 is 22.6 Å². The first-order valence-electron chi connectivity index (χ1n) is 13.1. The van der Waals surface area contributed by atoms with Crippen LogP contribution in [0.3, 0.4) is 0 Å². The molecule has 5 aromatic rings. The van der Waals surface area contributed by atoms with E-state index in [2.05, 4.69) is 24.7 Å². The van der Waals surface area contributed by atoms with Crippen LogP contribution >= 0.6 is 0 Å². The van der Waals surface area contributed by atoms with Crippen molar-refractivity contribution in [2.45, 2.75) is 18.0 Å². The molecule has 0 spiro atoms. The Hall–Kier alpha value is -4.91. The molecule has 0 bridgehead atoms. The summed E-state index contributed by atoms with van der Waals surface area (Å²) in [5.74, 6) is 1.91. The van der Waals surface area contributed by atoms with Gasteiger partial charge >= 0.3 is 0 Å². The Balaban J connectivity index is 0.000000225. The molecule has 0 aliphatic rings. The van der Waals surface area contributed by atoms with E-state index in [0.717, 1.165) is 22.8 Å². The van der Waals surface area contributed by atoms with E-state index < -0.39 is 10.0 Å². The lowest BCUT2D eigenvalue weighted by Crippen LogP contribution is -2.23. The molecular formula is C31H32N6O5S. The van der Waals surface area contributed by atoms with Crippen LogP contribution in [0.4, 0.5) is 0 Å². The molecule has 0 radical (unpaired) electrons. The first-order chi connectivity index (χ1) is 20.8. The highest BCUT2D eigenvalue weighted by atomic mass is 32.2. The Morgan fingerprint density at radius 2 is 1.16 bits per heavy atom. The van der Waals surface area contributed by atoms with Gasteiger partial charge in [-0.1, -0.05) is 12.1 Å². The normalized spacial score (nSPS) is 10.8. The van der Waals surface area contributed by atoms with Gasteiger partial charge in [0.25, 0.3) is 0 Å². The summed E-state index contributed by atoms with van der Waals surface area (Å²) in [6.07, 6.45) is 3.40. The average molecular weight is 601 g/mol. The Kier molecular flexibility index (Phi) is 10.7. The van der Waals surface area contributed by atoms with Crippen molar-refractivity contribution in [3.8, 4) is 40.0 Å². The zero-order valence-corrected chi connectivity index (χ0v) is 24.8. The van der Waals surface area contributed by atoms with E-state index in [0.29, 0.717) is 35.1 Å². The summed E-state index contributed by atoms with van der Waals surface area (Å²) in [7, 11) is 1.01. The zero-order valence-electron chi connectivity index (χ0n) is 24.0. The number of hydrogen-bond acceptors (Lipinski definition) is 10. The Morgan fingerprint density at radius 3 is 1.63 bits per heavy atom. The Morgan fingerprint density at radius 1 is 0.651 bits per heavy atom. The van der Waals surface area contributed by atoms with Gasteiger partial charge in [0.1, 0.15) is 17.2 Å². The van der Waals surface area contributed by atoms with Crippen molar-refractivity contribution >= 4 is 10.0 Å². The lowest BCUT2D eigenvalue weighted by atomic mass is 10.2. The second-order valence-corrected chi connectivity index (χ2v) is 10.7. The van der Waals surface area contributed by atoms with Crippen molar-refractivity contribution in [2.75, 3.05) is 21.3 Å². The van der Waals surface area contributed by atoms with Gasteiger partial charge in [-0.3, -0.25) is 9.97 Å². The van der Waals surface area contributed by atoms with Crippen molar-refractivity contribution in [1.82, 2.24) is 24.7 Å². The lowest BCUT2D eigenvalue weighted by molar-refractivity contribution is 0.413. The van der Waals surface area contributed by atoms with E-state index in [9.17, 15) is 8.42 Å². The summed E-state index contributed by atoms with van der Waals surface area (Å²) in [6.45, 7) is 0.405. The molecule has 5 rings (SSSR count). The van der Waals surface area contributed by atoms with Gasteiger partial charge in [-0.25, -0.2) is 23.1 Å². The van der Waals surface area contributed by atoms with E-state index in [1.807, 2.05) is 48.5 Å². The van der Waals surface area contributed by atoms with E-state index >= 15 is 0 Å². The third-order valence-electron chi connectivity index (χ3n) is 6.05. The number of benzene rings is 1. The number of sulfonamides is 1. The molecular weight excluding hydrogens is 568 g/mol. The standard InChI is InChI=1S/C19H19N3O4S.C12H13N3O/c1-25-15-6-8-17(9-7-15)27(23,24)21-13-14-11-16(26-2)12-19(22-14)18-5-3-4-10-20-18;1-16-10-6-9(8-13)15-12(7-10)11-4-2-3-5-14-11/h3-12,21H,13H2,1-2H3;2-7H,8,13H2,1H3. The van der Waals surface area contributed by atoms with Gasteiger partial charge in [-0.2, -0.15) is 0 Å². The second kappa shape index (κ2) is 14.8. The van der Waals surface area contributed by atoms with E-state index in [-0.39, 0.29) is 11.4 Å². The summed E-state index contributed by atoms with van der Waals surface area (Å²) in [5, 5.41) is 0. The number of nitrogens with zero attached hydrogens (tertiary/aromatic N) is 4. The van der Waals surface area contributed by atoms with Gasteiger partial charge in [-0.05, 0) is 48.5 Å². The van der Waals surface area contributed by atoms with Crippen molar-refractivity contribution in [1.29, 1.82) is 0 Å². The van der Waals surface area contributed by atoms with Crippen LogP contribution in [0.25, 0.3) is 22.8 Å². The fraction of sp³-hybridized carbons (Fsp3) is 0.161. The molecule has 11 nitrogen and oxygen atoms in total. The molecule has 0 saturated heterocycles. The van der Waals surface area contributed by atoms with Crippen molar-refractivity contribution in [3.63, 3.8) is 0 Å². The third-order valence-corrected chi connectivity index (χ3v) is 7.47. The van der Waals surface area contributed by atoms with Crippen LogP contribution in [0, 0.1) is 0 Å². The second-order valence-electron chi connectivity index (χ2n) is 8.90. The fourth-order valence-electron chi connectivity index (χ4n) is 3.85. The smallest absolute Gasteiger partial charge is 0.240 e. The summed E-state index contributed by atoms with van der Waals surface area (Å²) < 4.78 is 43.1. The summed E-state index contributed by atoms with van der Waals surface area (Å²) in [4.78, 5) is 17.5. The molecule has 0 unspecified atom stereocenters. The molecule has 43 heavy (non-hydrogen) atoms. The van der Waals surface area contributed by atoms with Gasteiger partial charge in [-0.15, -0.1) is 0 Å². The maximum atomic E-state index is 12.5. The molecule has 0 atom stereocenters. The monoisotopic (exact) mass is 600 g/mol. The van der Waals surface area contributed by atoms with Crippen LogP contribution in [0.1, 0.15) is 11.4 Å². The largest absolute Gasteiger partial charge is 0.497 e. The topological polar surface area (TPSA) is 151 Å². The molecule has 0 amide bonds. The third kappa shape index (κ3) is 8.55. The maximum absolute atomic E-state index is 12.5. The predicted molar refractivity (Wildman–Crippen MR) is 163 cm³/mol. The van der Waals surface area contributed by atoms with Crippen molar-refractivity contribution in [3.05, 3.63) is 109 Å². The maximum Gasteiger partial charge on any atom is 0.240 e. The van der Waals surface area contributed by atoms with Crippen LogP contribution in [0.15, 0.2) is 102 Å².